The Labute approximate surface area is 137 Å². The summed E-state index contributed by atoms with van der Waals surface area (Å²) in [6.45, 7) is 4.85. The highest BCUT2D eigenvalue weighted by atomic mass is 35.5. The second-order valence-corrected chi connectivity index (χ2v) is 6.40. The molecule has 1 aromatic rings. The van der Waals surface area contributed by atoms with Crippen LogP contribution in [0.5, 0.6) is 0 Å². The van der Waals surface area contributed by atoms with Crippen molar-refractivity contribution in [2.45, 2.75) is 26.3 Å². The van der Waals surface area contributed by atoms with E-state index in [4.69, 9.17) is 11.6 Å². The maximum absolute atomic E-state index is 12.0. The maximum atomic E-state index is 12.0. The van der Waals surface area contributed by atoms with Crippen LogP contribution in [0.15, 0.2) is 24.3 Å². The van der Waals surface area contributed by atoms with Crippen LogP contribution in [-0.4, -0.2) is 43.4 Å². The Bertz CT molecular complexity index is 508. The van der Waals surface area contributed by atoms with Gasteiger partial charge in [-0.05, 0) is 38.6 Å². The minimum absolute atomic E-state index is 0.0699. The Balaban J connectivity index is 2.64. The van der Waals surface area contributed by atoms with Gasteiger partial charge in [0.2, 0.25) is 0 Å². The number of benzene rings is 1. The zero-order chi connectivity index (χ0) is 16.7. The molecule has 0 aromatic heterocycles. The van der Waals surface area contributed by atoms with Gasteiger partial charge in [0.25, 0.3) is 0 Å². The fourth-order valence-electron chi connectivity index (χ4n) is 2.18. The Morgan fingerprint density at radius 1 is 1.18 bits per heavy atom. The number of para-hydroxylation sites is 1. The standard InChI is InChI=1S/C16H24ClN3O2/c1-11(2)9-12(10-20(3)4)18-15(21)16(22)19-14-8-6-5-7-13(14)17/h5-8,11-12H,9-10H2,1-4H3,(H,18,21)(H,19,22). The first-order valence-electron chi connectivity index (χ1n) is 7.30. The van der Waals surface area contributed by atoms with E-state index in [1.54, 1.807) is 24.3 Å². The number of nitrogens with one attached hydrogen (secondary N) is 2. The lowest BCUT2D eigenvalue weighted by atomic mass is 10.0. The van der Waals surface area contributed by atoms with Gasteiger partial charge in [-0.15, -0.1) is 0 Å². The molecule has 0 heterocycles. The summed E-state index contributed by atoms with van der Waals surface area (Å²) in [5.74, 6) is -0.926. The largest absolute Gasteiger partial charge is 0.344 e. The fraction of sp³-hybridized carbons (Fsp3) is 0.500. The van der Waals surface area contributed by atoms with Gasteiger partial charge < -0.3 is 15.5 Å². The number of amides is 2. The van der Waals surface area contributed by atoms with E-state index in [1.807, 2.05) is 19.0 Å². The maximum Gasteiger partial charge on any atom is 0.313 e. The average Bonchev–Trinajstić information content (AvgIpc) is 2.39. The molecule has 6 heteroatoms. The highest BCUT2D eigenvalue weighted by Gasteiger charge is 2.20. The van der Waals surface area contributed by atoms with Crippen LogP contribution in [-0.2, 0) is 9.59 Å². The number of carbonyl (C=O) groups is 2. The second kappa shape index (κ2) is 8.76. The molecule has 0 aliphatic rings. The molecule has 0 spiro atoms. The molecule has 2 N–H and O–H groups in total. The van der Waals surface area contributed by atoms with Crippen molar-refractivity contribution < 1.29 is 9.59 Å². The predicted octanol–water partition coefficient (Wildman–Crippen LogP) is 2.37. The van der Waals surface area contributed by atoms with Gasteiger partial charge in [-0.3, -0.25) is 9.59 Å². The smallest absolute Gasteiger partial charge is 0.313 e. The lowest BCUT2D eigenvalue weighted by molar-refractivity contribution is -0.136. The van der Waals surface area contributed by atoms with Crippen molar-refractivity contribution in [3.05, 3.63) is 29.3 Å². The molecular weight excluding hydrogens is 302 g/mol. The summed E-state index contributed by atoms with van der Waals surface area (Å²) in [4.78, 5) is 26.0. The third kappa shape index (κ3) is 6.45. The highest BCUT2D eigenvalue weighted by molar-refractivity contribution is 6.41. The van der Waals surface area contributed by atoms with Gasteiger partial charge in [-0.25, -0.2) is 0 Å². The van der Waals surface area contributed by atoms with Crippen LogP contribution in [0.2, 0.25) is 5.02 Å². The number of carbonyl (C=O) groups excluding carboxylic acids is 2. The molecule has 5 nitrogen and oxygen atoms in total. The molecule has 0 bridgehead atoms. The quantitative estimate of drug-likeness (QED) is 0.789. The van der Waals surface area contributed by atoms with Gasteiger partial charge >= 0.3 is 11.8 Å². The summed E-state index contributed by atoms with van der Waals surface area (Å²) < 4.78 is 0. The van der Waals surface area contributed by atoms with Crippen molar-refractivity contribution in [2.75, 3.05) is 26.0 Å². The molecule has 2 amide bonds. The summed E-state index contributed by atoms with van der Waals surface area (Å²) in [6.07, 6.45) is 0.809. The Morgan fingerprint density at radius 3 is 2.36 bits per heavy atom. The van der Waals surface area contributed by atoms with Gasteiger partial charge in [0, 0.05) is 12.6 Å². The van der Waals surface area contributed by atoms with Gasteiger partial charge in [-0.2, -0.15) is 0 Å². The molecule has 0 saturated heterocycles. The molecule has 0 radical (unpaired) electrons. The molecule has 1 atom stereocenters. The fourth-order valence-corrected chi connectivity index (χ4v) is 2.36. The third-order valence-electron chi connectivity index (χ3n) is 3.00. The monoisotopic (exact) mass is 325 g/mol. The first-order chi connectivity index (χ1) is 10.3. The van der Waals surface area contributed by atoms with Crippen molar-refractivity contribution in [2.24, 2.45) is 5.92 Å². The molecular formula is C16H24ClN3O2. The minimum atomic E-state index is -0.708. The van der Waals surface area contributed by atoms with E-state index < -0.39 is 11.8 Å². The molecule has 0 aliphatic carbocycles. The minimum Gasteiger partial charge on any atom is -0.344 e. The predicted molar refractivity (Wildman–Crippen MR) is 90.0 cm³/mol. The molecule has 1 rings (SSSR count). The van der Waals surface area contributed by atoms with Crippen LogP contribution in [0.25, 0.3) is 0 Å². The van der Waals surface area contributed by atoms with E-state index >= 15 is 0 Å². The van der Waals surface area contributed by atoms with Crippen molar-refractivity contribution >= 4 is 29.1 Å². The highest BCUT2D eigenvalue weighted by Crippen LogP contribution is 2.20. The molecule has 1 aromatic carbocycles. The van der Waals surface area contributed by atoms with Crippen LogP contribution in [0.1, 0.15) is 20.3 Å². The third-order valence-corrected chi connectivity index (χ3v) is 3.33. The Morgan fingerprint density at radius 2 is 1.82 bits per heavy atom. The number of likely N-dealkylation sites (N-methyl/N-ethyl adjacent to an activating group) is 1. The summed E-state index contributed by atoms with van der Waals surface area (Å²) in [5.41, 5.74) is 0.428. The molecule has 122 valence electrons. The number of anilines is 1. The molecule has 0 fully saturated rings. The van der Waals surface area contributed by atoms with Crippen molar-refractivity contribution in [1.82, 2.24) is 10.2 Å². The van der Waals surface area contributed by atoms with E-state index in [0.29, 0.717) is 23.2 Å². The Hall–Kier alpha value is -1.59. The second-order valence-electron chi connectivity index (χ2n) is 6.00. The van der Waals surface area contributed by atoms with Gasteiger partial charge in [0.05, 0.1) is 10.7 Å². The first kappa shape index (κ1) is 18.5. The van der Waals surface area contributed by atoms with Crippen molar-refractivity contribution in [3.8, 4) is 0 Å². The summed E-state index contributed by atoms with van der Waals surface area (Å²) in [6, 6.07) is 6.74. The van der Waals surface area contributed by atoms with E-state index in [0.717, 1.165) is 6.42 Å². The van der Waals surface area contributed by atoms with E-state index in [2.05, 4.69) is 24.5 Å². The lowest BCUT2D eigenvalue weighted by Gasteiger charge is -2.23. The molecule has 0 saturated carbocycles. The summed E-state index contributed by atoms with van der Waals surface area (Å²) in [7, 11) is 3.87. The number of halogens is 1. The number of hydrogen-bond donors (Lipinski definition) is 2. The number of hydrogen-bond acceptors (Lipinski definition) is 3. The van der Waals surface area contributed by atoms with Gasteiger partial charge in [0.1, 0.15) is 0 Å². The zero-order valence-electron chi connectivity index (χ0n) is 13.5. The molecule has 0 aliphatic heterocycles. The summed E-state index contributed by atoms with van der Waals surface area (Å²) >= 11 is 5.96. The average molecular weight is 326 g/mol. The topological polar surface area (TPSA) is 61.4 Å². The van der Waals surface area contributed by atoms with Crippen LogP contribution in [0.4, 0.5) is 5.69 Å². The number of nitrogens with zero attached hydrogens (tertiary/aromatic N) is 1. The molecule has 22 heavy (non-hydrogen) atoms. The normalized spacial score (nSPS) is 12.3. The number of rotatable bonds is 6. The first-order valence-corrected chi connectivity index (χ1v) is 7.68. The summed E-state index contributed by atoms with van der Waals surface area (Å²) in [5, 5.41) is 5.71. The van der Waals surface area contributed by atoms with Crippen LogP contribution in [0, 0.1) is 5.92 Å². The van der Waals surface area contributed by atoms with Gasteiger partial charge in [0.15, 0.2) is 0 Å². The SMILES string of the molecule is CC(C)CC(CN(C)C)NC(=O)C(=O)Nc1ccccc1Cl. The van der Waals surface area contributed by atoms with E-state index in [9.17, 15) is 9.59 Å². The van der Waals surface area contributed by atoms with Gasteiger partial charge in [-0.1, -0.05) is 37.6 Å². The van der Waals surface area contributed by atoms with Crippen LogP contribution >= 0.6 is 11.6 Å². The Kier molecular flexibility index (Phi) is 7.35. The van der Waals surface area contributed by atoms with Crippen molar-refractivity contribution in [1.29, 1.82) is 0 Å². The molecule has 1 unspecified atom stereocenters. The van der Waals surface area contributed by atoms with Crippen molar-refractivity contribution in [3.63, 3.8) is 0 Å². The van der Waals surface area contributed by atoms with Crippen LogP contribution in [0.3, 0.4) is 0 Å². The zero-order valence-corrected chi connectivity index (χ0v) is 14.3. The van der Waals surface area contributed by atoms with E-state index in [-0.39, 0.29) is 6.04 Å². The lowest BCUT2D eigenvalue weighted by Crippen LogP contribution is -2.46. The van der Waals surface area contributed by atoms with Crippen LogP contribution < -0.4 is 10.6 Å². The van der Waals surface area contributed by atoms with E-state index in [1.165, 1.54) is 0 Å².